The van der Waals surface area contributed by atoms with Crippen molar-refractivity contribution in [2.45, 2.75) is 19.8 Å². The summed E-state index contributed by atoms with van der Waals surface area (Å²) in [6, 6.07) is 11.9. The molecule has 0 saturated carbocycles. The number of rotatable bonds is 3. The highest BCUT2D eigenvalue weighted by Gasteiger charge is 2.29. The quantitative estimate of drug-likeness (QED) is 0.927. The van der Waals surface area contributed by atoms with Crippen LogP contribution in [0.5, 0.6) is 0 Å². The van der Waals surface area contributed by atoms with E-state index in [-0.39, 0.29) is 5.92 Å². The highest BCUT2D eigenvalue weighted by molar-refractivity contribution is 5.90. The molecule has 1 aliphatic rings. The van der Waals surface area contributed by atoms with E-state index in [1.54, 1.807) is 6.20 Å². The average Bonchev–Trinajstić information content (AvgIpc) is 2.60. The van der Waals surface area contributed by atoms with E-state index >= 15 is 0 Å². The fraction of sp³-hybridized carbons (Fsp3) is 0.200. The number of hydrogen-bond donors (Lipinski definition) is 1. The molecule has 1 aromatic carbocycles. The minimum atomic E-state index is -0.875. The first kappa shape index (κ1) is 16.0. The highest BCUT2D eigenvalue weighted by Crippen LogP contribution is 2.36. The maximum atomic E-state index is 11.8. The molecule has 4 heteroatoms. The van der Waals surface area contributed by atoms with Gasteiger partial charge in [-0.15, -0.1) is 0 Å². The van der Waals surface area contributed by atoms with E-state index in [4.69, 9.17) is 0 Å². The summed E-state index contributed by atoms with van der Waals surface area (Å²) in [6.45, 7) is 3.86. The zero-order chi connectivity index (χ0) is 17.3. The summed E-state index contributed by atoms with van der Waals surface area (Å²) in [5.74, 6) is -1.13. The molecule has 0 amide bonds. The van der Waals surface area contributed by atoms with Gasteiger partial charge in [-0.3, -0.25) is 4.98 Å². The van der Waals surface area contributed by atoms with Crippen molar-refractivity contribution < 1.29 is 9.90 Å². The molecule has 0 spiro atoms. The molecule has 0 fully saturated rings. The lowest BCUT2D eigenvalue weighted by Crippen LogP contribution is -2.26. The first-order valence-electron chi connectivity index (χ1n) is 7.85. The van der Waals surface area contributed by atoms with Crippen molar-refractivity contribution in [1.29, 1.82) is 0 Å². The van der Waals surface area contributed by atoms with Crippen molar-refractivity contribution in [2.75, 3.05) is 7.05 Å². The van der Waals surface area contributed by atoms with Gasteiger partial charge in [0.2, 0.25) is 0 Å². The van der Waals surface area contributed by atoms with Gasteiger partial charge >= 0.3 is 5.97 Å². The molecule has 1 atom stereocenters. The third-order valence-corrected chi connectivity index (χ3v) is 4.61. The van der Waals surface area contributed by atoms with Crippen molar-refractivity contribution in [1.82, 2.24) is 9.88 Å². The molecule has 4 nitrogen and oxygen atoms in total. The van der Waals surface area contributed by atoms with Gasteiger partial charge in [-0.25, -0.2) is 4.79 Å². The van der Waals surface area contributed by atoms with Gasteiger partial charge in [0, 0.05) is 36.8 Å². The predicted molar refractivity (Wildman–Crippen MR) is 94.3 cm³/mol. The first-order chi connectivity index (χ1) is 11.5. The Kier molecular flexibility index (Phi) is 4.21. The molecule has 2 aromatic rings. The lowest BCUT2D eigenvalue weighted by molar-refractivity contribution is -0.133. The molecule has 1 aliphatic heterocycles. The second-order valence-electron chi connectivity index (χ2n) is 6.02. The van der Waals surface area contributed by atoms with Crippen molar-refractivity contribution in [3.05, 3.63) is 77.4 Å². The highest BCUT2D eigenvalue weighted by atomic mass is 16.4. The Labute approximate surface area is 141 Å². The third kappa shape index (κ3) is 2.83. The molecule has 0 saturated heterocycles. The van der Waals surface area contributed by atoms with Crippen LogP contribution in [-0.4, -0.2) is 28.0 Å². The maximum absolute atomic E-state index is 11.8. The number of carboxylic acids is 1. The number of carbonyl (C=O) groups is 1. The molecule has 122 valence electrons. The molecule has 1 unspecified atom stereocenters. The summed E-state index contributed by atoms with van der Waals surface area (Å²) < 4.78 is 0. The Morgan fingerprint density at radius 2 is 1.92 bits per heavy atom. The third-order valence-electron chi connectivity index (χ3n) is 4.61. The number of carboxylic acid groups (broad SMARTS) is 1. The minimum absolute atomic E-state index is 0.254. The summed E-state index contributed by atoms with van der Waals surface area (Å²) >= 11 is 0. The maximum Gasteiger partial charge on any atom is 0.334 e. The number of nitrogens with zero attached hydrogens (tertiary/aromatic N) is 2. The van der Waals surface area contributed by atoms with E-state index in [0.717, 1.165) is 28.1 Å². The van der Waals surface area contributed by atoms with Crippen LogP contribution in [0.3, 0.4) is 0 Å². The first-order valence-corrected chi connectivity index (χ1v) is 7.85. The van der Waals surface area contributed by atoms with Gasteiger partial charge < -0.3 is 10.0 Å². The summed E-state index contributed by atoms with van der Waals surface area (Å²) in [4.78, 5) is 17.9. The molecule has 0 aliphatic carbocycles. The number of allylic oxidation sites excluding steroid dienone is 3. The van der Waals surface area contributed by atoms with E-state index < -0.39 is 5.97 Å². The van der Waals surface area contributed by atoms with Gasteiger partial charge in [-0.1, -0.05) is 36.4 Å². The second-order valence-corrected chi connectivity index (χ2v) is 6.02. The van der Waals surface area contributed by atoms with Crippen LogP contribution >= 0.6 is 0 Å². The van der Waals surface area contributed by atoms with Crippen LogP contribution < -0.4 is 0 Å². The number of aromatic nitrogens is 1. The number of benzene rings is 1. The van der Waals surface area contributed by atoms with Crippen LogP contribution in [0.2, 0.25) is 0 Å². The largest absolute Gasteiger partial charge is 0.478 e. The summed E-state index contributed by atoms with van der Waals surface area (Å²) in [6.07, 6.45) is 5.57. The molecule has 3 rings (SSSR count). The van der Waals surface area contributed by atoms with E-state index in [1.165, 1.54) is 0 Å². The van der Waals surface area contributed by atoms with Gasteiger partial charge in [0.1, 0.15) is 0 Å². The van der Waals surface area contributed by atoms with Crippen LogP contribution in [0.4, 0.5) is 0 Å². The second kappa shape index (κ2) is 6.32. The molecule has 1 aromatic heterocycles. The van der Waals surface area contributed by atoms with Crippen molar-refractivity contribution >= 4 is 5.97 Å². The van der Waals surface area contributed by atoms with E-state index in [2.05, 4.69) is 4.98 Å². The Morgan fingerprint density at radius 1 is 1.17 bits per heavy atom. The van der Waals surface area contributed by atoms with Crippen LogP contribution in [0.1, 0.15) is 25.3 Å². The summed E-state index contributed by atoms with van der Waals surface area (Å²) in [5, 5.41) is 9.71. The van der Waals surface area contributed by atoms with Crippen molar-refractivity contribution in [3.8, 4) is 11.1 Å². The molecular weight excluding hydrogens is 300 g/mol. The monoisotopic (exact) mass is 320 g/mol. The molecule has 24 heavy (non-hydrogen) atoms. The Bertz CT molecular complexity index is 838. The molecular formula is C20H20N2O2. The SMILES string of the molecule is CC1=CC(c2cccc(-c3cccnc3)c2)C(C(=O)O)=C(C)N1C. The molecule has 0 bridgehead atoms. The van der Waals surface area contributed by atoms with Crippen LogP contribution in [0.15, 0.2) is 71.8 Å². The van der Waals surface area contributed by atoms with Crippen molar-refractivity contribution in [3.63, 3.8) is 0 Å². The predicted octanol–water partition coefficient (Wildman–Crippen LogP) is 4.04. The number of pyridine rings is 1. The fourth-order valence-electron chi connectivity index (χ4n) is 3.10. The zero-order valence-corrected chi connectivity index (χ0v) is 14.0. The summed E-state index contributed by atoms with van der Waals surface area (Å²) in [5.41, 5.74) is 5.28. The Hall–Kier alpha value is -2.88. The smallest absolute Gasteiger partial charge is 0.334 e. The van der Waals surface area contributed by atoms with Crippen LogP contribution in [0.25, 0.3) is 11.1 Å². The standard InChI is InChI=1S/C20H20N2O2/c1-13-10-18(19(20(23)24)14(2)22(13)3)16-7-4-6-15(11-16)17-8-5-9-21-12-17/h4-12,18H,1-3H3,(H,23,24). The molecule has 1 N–H and O–H groups in total. The van der Waals surface area contributed by atoms with Gasteiger partial charge in [0.25, 0.3) is 0 Å². The average molecular weight is 320 g/mol. The zero-order valence-electron chi connectivity index (χ0n) is 14.0. The van der Waals surface area contributed by atoms with Gasteiger partial charge in [0.15, 0.2) is 0 Å². The lowest BCUT2D eigenvalue weighted by atomic mass is 9.85. The van der Waals surface area contributed by atoms with Crippen LogP contribution in [-0.2, 0) is 4.79 Å². The van der Waals surface area contributed by atoms with E-state index in [0.29, 0.717) is 5.57 Å². The van der Waals surface area contributed by atoms with Crippen molar-refractivity contribution in [2.24, 2.45) is 0 Å². The van der Waals surface area contributed by atoms with Gasteiger partial charge in [0.05, 0.1) is 5.57 Å². The van der Waals surface area contributed by atoms with Gasteiger partial charge in [-0.2, -0.15) is 0 Å². The number of hydrogen-bond acceptors (Lipinski definition) is 3. The van der Waals surface area contributed by atoms with E-state index in [9.17, 15) is 9.90 Å². The molecule has 0 radical (unpaired) electrons. The van der Waals surface area contributed by atoms with Crippen LogP contribution in [0, 0.1) is 0 Å². The molecule has 2 heterocycles. The fourth-order valence-corrected chi connectivity index (χ4v) is 3.10. The summed E-state index contributed by atoms with van der Waals surface area (Å²) in [7, 11) is 1.90. The lowest BCUT2D eigenvalue weighted by Gasteiger charge is -2.31. The van der Waals surface area contributed by atoms with Gasteiger partial charge in [-0.05, 0) is 36.6 Å². The Balaban J connectivity index is 2.09. The number of aliphatic carboxylic acids is 1. The normalized spacial score (nSPS) is 17.7. The topological polar surface area (TPSA) is 53.4 Å². The Morgan fingerprint density at radius 3 is 2.58 bits per heavy atom. The van der Waals surface area contributed by atoms with E-state index in [1.807, 2.05) is 74.5 Å². The minimum Gasteiger partial charge on any atom is -0.478 e.